The molecule has 4 N–H and O–H groups in total. The number of sulfonamides is 1. The number of nitrogens with one attached hydrogen (secondary N) is 2. The molecular formula is C13H21N3O3S. The van der Waals surface area contributed by atoms with Gasteiger partial charge in [0.05, 0.1) is 11.4 Å². The molecule has 112 valence electrons. The maximum absolute atomic E-state index is 12.3. The van der Waals surface area contributed by atoms with Gasteiger partial charge >= 0.3 is 0 Å². The van der Waals surface area contributed by atoms with Gasteiger partial charge in [-0.1, -0.05) is 18.2 Å². The van der Waals surface area contributed by atoms with E-state index in [0.717, 1.165) is 0 Å². The van der Waals surface area contributed by atoms with E-state index in [2.05, 4.69) is 10.0 Å². The molecule has 1 rings (SSSR count). The van der Waals surface area contributed by atoms with Gasteiger partial charge in [-0.3, -0.25) is 4.79 Å². The summed E-state index contributed by atoms with van der Waals surface area (Å²) in [5, 5.41) is 2.57. The van der Waals surface area contributed by atoms with Gasteiger partial charge in [0.15, 0.2) is 0 Å². The third-order valence-corrected chi connectivity index (χ3v) is 4.22. The van der Waals surface area contributed by atoms with Crippen LogP contribution in [0.25, 0.3) is 0 Å². The molecule has 0 aliphatic rings. The number of hydrogen-bond donors (Lipinski definition) is 3. The number of hydrogen-bond acceptors (Lipinski definition) is 4. The molecule has 1 aromatic carbocycles. The molecular weight excluding hydrogens is 278 g/mol. The minimum absolute atomic E-state index is 0.122. The Morgan fingerprint density at radius 2 is 1.85 bits per heavy atom. The van der Waals surface area contributed by atoms with E-state index in [1.54, 1.807) is 39.0 Å². The Morgan fingerprint density at radius 1 is 1.25 bits per heavy atom. The van der Waals surface area contributed by atoms with E-state index in [0.29, 0.717) is 5.56 Å². The summed E-state index contributed by atoms with van der Waals surface area (Å²) < 4.78 is 27.3. The fraction of sp³-hybridized carbons (Fsp3) is 0.462. The highest BCUT2D eigenvalue weighted by atomic mass is 32.2. The predicted octanol–water partition coefficient (Wildman–Crippen LogP) is 0.338. The van der Waals surface area contributed by atoms with E-state index in [1.807, 2.05) is 0 Å². The first-order valence-corrected chi connectivity index (χ1v) is 7.73. The van der Waals surface area contributed by atoms with Gasteiger partial charge in [0.1, 0.15) is 0 Å². The molecule has 0 saturated carbocycles. The quantitative estimate of drug-likeness (QED) is 0.729. The molecule has 0 spiro atoms. The van der Waals surface area contributed by atoms with Crippen LogP contribution in [0.15, 0.2) is 29.2 Å². The molecule has 0 aliphatic carbocycles. The predicted molar refractivity (Wildman–Crippen MR) is 77.4 cm³/mol. The van der Waals surface area contributed by atoms with E-state index < -0.39 is 15.6 Å². The molecule has 1 amide bonds. The summed E-state index contributed by atoms with van der Waals surface area (Å²) in [5.41, 5.74) is 5.14. The topological polar surface area (TPSA) is 101 Å². The highest BCUT2D eigenvalue weighted by molar-refractivity contribution is 7.89. The molecule has 20 heavy (non-hydrogen) atoms. The average molecular weight is 299 g/mol. The van der Waals surface area contributed by atoms with Gasteiger partial charge < -0.3 is 11.1 Å². The maximum Gasteiger partial charge on any atom is 0.241 e. The van der Waals surface area contributed by atoms with Crippen LogP contribution in [0.5, 0.6) is 0 Å². The molecule has 0 radical (unpaired) electrons. The molecule has 0 atom stereocenters. The summed E-state index contributed by atoms with van der Waals surface area (Å²) in [4.78, 5) is 11.3. The third-order valence-electron chi connectivity index (χ3n) is 2.36. The fourth-order valence-electron chi connectivity index (χ4n) is 1.64. The first-order valence-electron chi connectivity index (χ1n) is 6.24. The minimum Gasteiger partial charge on any atom is -0.351 e. The molecule has 0 heterocycles. The molecule has 0 fully saturated rings. The van der Waals surface area contributed by atoms with Crippen molar-refractivity contribution in [2.75, 3.05) is 6.54 Å². The normalized spacial score (nSPS) is 12.2. The van der Waals surface area contributed by atoms with Crippen LogP contribution in [0.1, 0.15) is 26.3 Å². The number of amides is 1. The summed E-state index contributed by atoms with van der Waals surface area (Å²) in [6.07, 6.45) is 0. The van der Waals surface area contributed by atoms with Crippen LogP contribution in [0.2, 0.25) is 0 Å². The number of carbonyl (C=O) groups excluding carboxylic acids is 1. The summed E-state index contributed by atoms with van der Waals surface area (Å²) in [5.74, 6) is -0.332. The monoisotopic (exact) mass is 299 g/mol. The molecule has 0 aliphatic heterocycles. The van der Waals surface area contributed by atoms with E-state index in [4.69, 9.17) is 5.73 Å². The second kappa shape index (κ2) is 6.34. The van der Waals surface area contributed by atoms with Crippen molar-refractivity contribution in [3.8, 4) is 0 Å². The van der Waals surface area contributed by atoms with Gasteiger partial charge in [0.2, 0.25) is 15.9 Å². The lowest BCUT2D eigenvalue weighted by Gasteiger charge is -2.21. The van der Waals surface area contributed by atoms with Gasteiger partial charge in [-0.2, -0.15) is 0 Å². The molecule has 0 bridgehead atoms. The Balaban J connectivity index is 3.04. The fourth-order valence-corrected chi connectivity index (χ4v) is 3.30. The van der Waals surface area contributed by atoms with Crippen molar-refractivity contribution in [3.05, 3.63) is 29.8 Å². The average Bonchev–Trinajstić information content (AvgIpc) is 2.33. The van der Waals surface area contributed by atoms with Gasteiger partial charge in [0.25, 0.3) is 0 Å². The second-order valence-corrected chi connectivity index (χ2v) is 7.09. The van der Waals surface area contributed by atoms with E-state index in [-0.39, 0.29) is 23.9 Å². The summed E-state index contributed by atoms with van der Waals surface area (Å²) in [6, 6.07) is 6.54. The van der Waals surface area contributed by atoms with Crippen molar-refractivity contribution in [1.82, 2.24) is 10.0 Å². The molecule has 1 aromatic rings. The van der Waals surface area contributed by atoms with E-state index in [9.17, 15) is 13.2 Å². The first kappa shape index (κ1) is 16.6. The van der Waals surface area contributed by atoms with Crippen LogP contribution in [-0.2, 0) is 21.4 Å². The van der Waals surface area contributed by atoms with Crippen LogP contribution in [0.3, 0.4) is 0 Å². The smallest absolute Gasteiger partial charge is 0.241 e. The Bertz CT molecular complexity index is 577. The second-order valence-electron chi connectivity index (χ2n) is 5.44. The van der Waals surface area contributed by atoms with E-state index >= 15 is 0 Å². The molecule has 0 aromatic heterocycles. The van der Waals surface area contributed by atoms with Crippen molar-refractivity contribution in [1.29, 1.82) is 0 Å². The highest BCUT2D eigenvalue weighted by Crippen LogP contribution is 2.17. The SMILES string of the molecule is CC(C)(C)NS(=O)(=O)c1ccccc1CNC(=O)CN. The minimum atomic E-state index is -3.64. The molecule has 6 nitrogen and oxygen atoms in total. The Labute approximate surface area is 119 Å². The van der Waals surface area contributed by atoms with Crippen molar-refractivity contribution in [3.63, 3.8) is 0 Å². The standard InChI is InChI=1S/C13H21N3O3S/c1-13(2,3)16-20(18,19)11-7-5-4-6-10(11)9-15-12(17)8-14/h4-7,16H,8-9,14H2,1-3H3,(H,15,17). The van der Waals surface area contributed by atoms with Crippen LogP contribution in [0, 0.1) is 0 Å². The zero-order valence-electron chi connectivity index (χ0n) is 11.9. The zero-order valence-corrected chi connectivity index (χ0v) is 12.8. The van der Waals surface area contributed by atoms with Crippen LogP contribution >= 0.6 is 0 Å². The Kier molecular flexibility index (Phi) is 5.27. The van der Waals surface area contributed by atoms with Gasteiger partial charge in [0, 0.05) is 12.1 Å². The number of benzene rings is 1. The molecule has 0 saturated heterocycles. The van der Waals surface area contributed by atoms with Gasteiger partial charge in [-0.15, -0.1) is 0 Å². The summed E-state index contributed by atoms with van der Waals surface area (Å²) in [6.45, 7) is 5.29. The Hall–Kier alpha value is -1.44. The lowest BCUT2D eigenvalue weighted by Crippen LogP contribution is -2.41. The largest absolute Gasteiger partial charge is 0.351 e. The van der Waals surface area contributed by atoms with Crippen LogP contribution in [0.4, 0.5) is 0 Å². The number of rotatable bonds is 5. The third kappa shape index (κ3) is 4.92. The summed E-state index contributed by atoms with van der Waals surface area (Å²) in [7, 11) is -3.64. The zero-order chi connectivity index (χ0) is 15.4. The first-order chi connectivity index (χ1) is 9.15. The van der Waals surface area contributed by atoms with Crippen molar-refractivity contribution in [2.24, 2.45) is 5.73 Å². The Morgan fingerprint density at radius 3 is 2.40 bits per heavy atom. The number of nitrogens with two attached hydrogens (primary N) is 1. The highest BCUT2D eigenvalue weighted by Gasteiger charge is 2.24. The number of carbonyl (C=O) groups is 1. The summed E-state index contributed by atoms with van der Waals surface area (Å²) >= 11 is 0. The molecule has 0 unspecified atom stereocenters. The van der Waals surface area contributed by atoms with Crippen LogP contribution in [-0.4, -0.2) is 26.4 Å². The molecule has 7 heteroatoms. The van der Waals surface area contributed by atoms with Gasteiger partial charge in [-0.25, -0.2) is 13.1 Å². The van der Waals surface area contributed by atoms with Crippen molar-refractivity contribution < 1.29 is 13.2 Å². The lowest BCUT2D eigenvalue weighted by molar-refractivity contribution is -0.119. The maximum atomic E-state index is 12.3. The van der Waals surface area contributed by atoms with Crippen molar-refractivity contribution in [2.45, 2.75) is 37.8 Å². The lowest BCUT2D eigenvalue weighted by atomic mass is 10.1. The van der Waals surface area contributed by atoms with E-state index in [1.165, 1.54) is 6.07 Å². The van der Waals surface area contributed by atoms with Crippen LogP contribution < -0.4 is 15.8 Å². The van der Waals surface area contributed by atoms with Crippen molar-refractivity contribution >= 4 is 15.9 Å². The van der Waals surface area contributed by atoms with Gasteiger partial charge in [-0.05, 0) is 32.4 Å².